The van der Waals surface area contributed by atoms with Crippen molar-refractivity contribution in [1.29, 1.82) is 0 Å². The number of nitrogens with zero attached hydrogens (tertiary/aromatic N) is 1. The summed E-state index contributed by atoms with van der Waals surface area (Å²) in [5, 5.41) is 2.37. The van der Waals surface area contributed by atoms with Gasteiger partial charge in [-0.25, -0.2) is 0 Å². The Morgan fingerprint density at radius 2 is 2.14 bits per heavy atom. The van der Waals surface area contributed by atoms with Crippen molar-refractivity contribution in [2.24, 2.45) is 5.73 Å². The second-order valence-electron chi connectivity index (χ2n) is 5.69. The molecule has 21 heavy (non-hydrogen) atoms. The minimum Gasteiger partial charge on any atom is -0.326 e. The van der Waals surface area contributed by atoms with E-state index in [1.807, 2.05) is 43.9 Å². The van der Waals surface area contributed by atoms with Gasteiger partial charge in [0.05, 0.1) is 18.6 Å². The molecule has 3 N–H and O–H groups in total. The van der Waals surface area contributed by atoms with Crippen molar-refractivity contribution in [2.75, 3.05) is 6.54 Å². The zero-order valence-corrected chi connectivity index (χ0v) is 12.8. The molecule has 0 aromatic heterocycles. The molecule has 1 aliphatic rings. The van der Waals surface area contributed by atoms with Gasteiger partial charge in [-0.2, -0.15) is 0 Å². The minimum atomic E-state index is -0.370. The highest BCUT2D eigenvalue weighted by Gasteiger charge is 2.37. The van der Waals surface area contributed by atoms with Crippen LogP contribution in [0.1, 0.15) is 37.4 Å². The van der Waals surface area contributed by atoms with Gasteiger partial charge in [-0.3, -0.25) is 19.8 Å². The monoisotopic (exact) mass is 289 g/mol. The fourth-order valence-corrected chi connectivity index (χ4v) is 2.84. The van der Waals surface area contributed by atoms with E-state index < -0.39 is 0 Å². The maximum absolute atomic E-state index is 11.9. The second kappa shape index (κ2) is 6.37. The highest BCUT2D eigenvalue weighted by Crippen LogP contribution is 2.28. The number of piperazine rings is 1. The quantitative estimate of drug-likeness (QED) is 0.815. The molecule has 114 valence electrons. The summed E-state index contributed by atoms with van der Waals surface area (Å²) in [7, 11) is 0. The lowest BCUT2D eigenvalue weighted by Gasteiger charge is -2.40. The van der Waals surface area contributed by atoms with Crippen LogP contribution in [0, 0.1) is 6.92 Å². The summed E-state index contributed by atoms with van der Waals surface area (Å²) in [4.78, 5) is 25.5. The fraction of sp³-hybridized carbons (Fsp3) is 0.500. The Bertz CT molecular complexity index is 544. The van der Waals surface area contributed by atoms with Crippen LogP contribution in [-0.2, 0) is 9.59 Å². The van der Waals surface area contributed by atoms with Crippen LogP contribution in [0.2, 0.25) is 0 Å². The van der Waals surface area contributed by atoms with Gasteiger partial charge in [-0.1, -0.05) is 36.8 Å². The number of benzene rings is 1. The lowest BCUT2D eigenvalue weighted by Crippen LogP contribution is -2.59. The van der Waals surface area contributed by atoms with E-state index in [4.69, 9.17) is 5.73 Å². The molecule has 2 rings (SSSR count). The summed E-state index contributed by atoms with van der Waals surface area (Å²) < 4.78 is 0. The zero-order chi connectivity index (χ0) is 15.6. The predicted octanol–water partition coefficient (Wildman–Crippen LogP) is 1.12. The average Bonchev–Trinajstić information content (AvgIpc) is 2.44. The summed E-state index contributed by atoms with van der Waals surface area (Å²) in [5.41, 5.74) is 8.49. The average molecular weight is 289 g/mol. The van der Waals surface area contributed by atoms with Crippen LogP contribution >= 0.6 is 0 Å². The van der Waals surface area contributed by atoms with E-state index in [-0.39, 0.29) is 36.5 Å². The van der Waals surface area contributed by atoms with Gasteiger partial charge in [0.25, 0.3) is 0 Å². The molecule has 1 saturated heterocycles. The van der Waals surface area contributed by atoms with Crippen molar-refractivity contribution in [2.45, 2.75) is 45.3 Å². The van der Waals surface area contributed by atoms with Crippen molar-refractivity contribution in [3.8, 4) is 0 Å². The summed E-state index contributed by atoms with van der Waals surface area (Å²) in [5.74, 6) is -0.522. The van der Waals surface area contributed by atoms with Crippen molar-refractivity contribution >= 4 is 11.8 Å². The Morgan fingerprint density at radius 1 is 1.43 bits per heavy atom. The molecule has 0 bridgehead atoms. The van der Waals surface area contributed by atoms with Crippen LogP contribution in [0.3, 0.4) is 0 Å². The Labute approximate surface area is 125 Å². The van der Waals surface area contributed by atoms with Crippen molar-refractivity contribution in [1.82, 2.24) is 10.2 Å². The van der Waals surface area contributed by atoms with Crippen LogP contribution < -0.4 is 11.1 Å². The molecule has 0 spiro atoms. The van der Waals surface area contributed by atoms with Crippen LogP contribution in [-0.4, -0.2) is 35.3 Å². The number of hydrogen-bond acceptors (Lipinski definition) is 4. The van der Waals surface area contributed by atoms with Crippen molar-refractivity contribution < 1.29 is 9.59 Å². The van der Waals surface area contributed by atoms with Crippen LogP contribution in [0.15, 0.2) is 24.3 Å². The van der Waals surface area contributed by atoms with Gasteiger partial charge in [0.15, 0.2) is 0 Å². The van der Waals surface area contributed by atoms with E-state index >= 15 is 0 Å². The molecule has 0 radical (unpaired) electrons. The van der Waals surface area contributed by atoms with E-state index in [9.17, 15) is 9.59 Å². The largest absolute Gasteiger partial charge is 0.326 e. The number of amides is 2. The first kappa shape index (κ1) is 15.7. The molecule has 2 amide bonds. The molecular weight excluding hydrogens is 266 g/mol. The van der Waals surface area contributed by atoms with E-state index in [0.29, 0.717) is 0 Å². The van der Waals surface area contributed by atoms with E-state index in [1.165, 1.54) is 0 Å². The minimum absolute atomic E-state index is 0.132. The Hall–Kier alpha value is -1.72. The summed E-state index contributed by atoms with van der Waals surface area (Å²) in [6.07, 6.45) is 0.775. The van der Waals surface area contributed by atoms with E-state index in [2.05, 4.69) is 11.4 Å². The first-order valence-corrected chi connectivity index (χ1v) is 7.35. The molecule has 0 saturated carbocycles. The van der Waals surface area contributed by atoms with E-state index in [0.717, 1.165) is 17.5 Å². The lowest BCUT2D eigenvalue weighted by atomic mass is 9.93. The molecule has 3 unspecified atom stereocenters. The third kappa shape index (κ3) is 3.31. The maximum atomic E-state index is 11.9. The van der Waals surface area contributed by atoms with Crippen molar-refractivity contribution in [3.05, 3.63) is 35.4 Å². The zero-order valence-electron chi connectivity index (χ0n) is 12.8. The van der Waals surface area contributed by atoms with Crippen molar-refractivity contribution in [3.63, 3.8) is 0 Å². The number of aryl methyl sites for hydroxylation is 1. The maximum Gasteiger partial charge on any atom is 0.243 e. The molecule has 3 atom stereocenters. The molecule has 1 aromatic rings. The molecule has 5 nitrogen and oxygen atoms in total. The standard InChI is InChI=1S/C16H23N3O2/c1-4-13(17)15(12-7-5-6-10(2)8-12)19-9-14(20)18-16(21)11(19)3/h5-8,11,13,15H,4,9,17H2,1-3H3,(H,18,20,21). The first-order chi connectivity index (χ1) is 9.93. The molecule has 1 aliphatic heterocycles. The third-order valence-corrected chi connectivity index (χ3v) is 4.08. The smallest absolute Gasteiger partial charge is 0.243 e. The molecule has 0 aliphatic carbocycles. The van der Waals surface area contributed by atoms with Gasteiger partial charge in [-0.05, 0) is 25.8 Å². The Balaban J connectivity index is 2.40. The van der Waals surface area contributed by atoms with Crippen LogP contribution in [0.5, 0.6) is 0 Å². The third-order valence-electron chi connectivity index (χ3n) is 4.08. The van der Waals surface area contributed by atoms with Gasteiger partial charge in [0, 0.05) is 6.04 Å². The molecule has 1 fully saturated rings. The van der Waals surface area contributed by atoms with Crippen LogP contribution in [0.25, 0.3) is 0 Å². The van der Waals surface area contributed by atoms with Gasteiger partial charge in [0.1, 0.15) is 0 Å². The number of nitrogens with two attached hydrogens (primary N) is 1. The first-order valence-electron chi connectivity index (χ1n) is 7.35. The van der Waals surface area contributed by atoms with Crippen LogP contribution in [0.4, 0.5) is 0 Å². The Morgan fingerprint density at radius 3 is 2.76 bits per heavy atom. The van der Waals surface area contributed by atoms with Gasteiger partial charge in [-0.15, -0.1) is 0 Å². The molecule has 5 heteroatoms. The van der Waals surface area contributed by atoms with Gasteiger partial charge in [0.2, 0.25) is 11.8 Å². The molecule has 1 aromatic carbocycles. The number of imide groups is 1. The molecular formula is C16H23N3O2. The number of nitrogens with one attached hydrogen (secondary N) is 1. The number of carbonyl (C=O) groups is 2. The fourth-order valence-electron chi connectivity index (χ4n) is 2.84. The lowest BCUT2D eigenvalue weighted by molar-refractivity contribution is -0.141. The highest BCUT2D eigenvalue weighted by molar-refractivity contribution is 6.00. The molecule has 1 heterocycles. The second-order valence-corrected chi connectivity index (χ2v) is 5.69. The number of carbonyl (C=O) groups excluding carboxylic acids is 2. The Kier molecular flexibility index (Phi) is 4.75. The van der Waals surface area contributed by atoms with Gasteiger partial charge >= 0.3 is 0 Å². The normalized spacial score (nSPS) is 22.8. The highest BCUT2D eigenvalue weighted by atomic mass is 16.2. The topological polar surface area (TPSA) is 75.4 Å². The number of rotatable bonds is 4. The predicted molar refractivity (Wildman–Crippen MR) is 81.5 cm³/mol. The van der Waals surface area contributed by atoms with E-state index in [1.54, 1.807) is 0 Å². The summed E-state index contributed by atoms with van der Waals surface area (Å²) in [6, 6.07) is 7.45. The number of hydrogen-bond donors (Lipinski definition) is 2. The summed E-state index contributed by atoms with van der Waals surface area (Å²) in [6.45, 7) is 6.05. The van der Waals surface area contributed by atoms with Gasteiger partial charge < -0.3 is 5.73 Å². The summed E-state index contributed by atoms with van der Waals surface area (Å²) >= 11 is 0. The SMILES string of the molecule is CCC(N)C(c1cccc(C)c1)N1CC(=O)NC(=O)C1C.